The standard InChI is InChI=1S/C11H11ClFNO3/c1-6-3-2-4-7(9(6)12)10(15)14-8(5-13)11(16)17/h2-4,8H,5H2,1H3,(H,14,15)(H,16,17). The zero-order valence-corrected chi connectivity index (χ0v) is 9.79. The van der Waals surface area contributed by atoms with Crippen LogP contribution in [0.2, 0.25) is 5.02 Å². The number of carbonyl (C=O) groups excluding carboxylic acids is 1. The minimum Gasteiger partial charge on any atom is -0.480 e. The number of alkyl halides is 1. The Labute approximate surface area is 102 Å². The van der Waals surface area contributed by atoms with E-state index >= 15 is 0 Å². The molecule has 0 saturated heterocycles. The van der Waals surface area contributed by atoms with Gasteiger partial charge < -0.3 is 10.4 Å². The highest BCUT2D eigenvalue weighted by Crippen LogP contribution is 2.20. The van der Waals surface area contributed by atoms with Crippen LogP contribution < -0.4 is 5.32 Å². The van der Waals surface area contributed by atoms with Gasteiger partial charge in [-0.15, -0.1) is 0 Å². The summed E-state index contributed by atoms with van der Waals surface area (Å²) in [6.45, 7) is 0.535. The molecule has 4 nitrogen and oxygen atoms in total. The van der Waals surface area contributed by atoms with Crippen molar-refractivity contribution < 1.29 is 19.1 Å². The van der Waals surface area contributed by atoms with Crippen LogP contribution in [0.4, 0.5) is 4.39 Å². The van der Waals surface area contributed by atoms with Crippen molar-refractivity contribution in [2.24, 2.45) is 0 Å². The predicted molar refractivity (Wildman–Crippen MR) is 61.1 cm³/mol. The maximum atomic E-state index is 12.3. The number of halogens is 2. The number of aliphatic carboxylic acids is 1. The van der Waals surface area contributed by atoms with Crippen molar-refractivity contribution in [3.05, 3.63) is 34.3 Å². The van der Waals surface area contributed by atoms with Crippen LogP contribution in [-0.4, -0.2) is 29.7 Å². The Morgan fingerprint density at radius 1 is 1.53 bits per heavy atom. The molecule has 1 rings (SSSR count). The Kier molecular flexibility index (Phi) is 4.45. The molecule has 92 valence electrons. The van der Waals surface area contributed by atoms with E-state index in [1.54, 1.807) is 19.1 Å². The summed E-state index contributed by atoms with van der Waals surface area (Å²) in [4.78, 5) is 22.2. The normalized spacial score (nSPS) is 11.9. The summed E-state index contributed by atoms with van der Waals surface area (Å²) >= 11 is 5.89. The first-order valence-corrected chi connectivity index (χ1v) is 5.20. The Bertz CT molecular complexity index is 450. The Hall–Kier alpha value is -1.62. The van der Waals surface area contributed by atoms with Crippen LogP contribution in [0.5, 0.6) is 0 Å². The lowest BCUT2D eigenvalue weighted by atomic mass is 10.1. The Morgan fingerprint density at radius 2 is 2.18 bits per heavy atom. The summed E-state index contributed by atoms with van der Waals surface area (Å²) < 4.78 is 12.3. The molecule has 1 aromatic carbocycles. The third-order valence-corrected chi connectivity index (χ3v) is 2.70. The fourth-order valence-corrected chi connectivity index (χ4v) is 1.44. The van der Waals surface area contributed by atoms with Crippen LogP contribution in [-0.2, 0) is 4.79 Å². The molecule has 6 heteroatoms. The number of aryl methyl sites for hydroxylation is 1. The van der Waals surface area contributed by atoms with Crippen LogP contribution >= 0.6 is 11.6 Å². The summed E-state index contributed by atoms with van der Waals surface area (Å²) in [5.41, 5.74) is 0.817. The molecule has 0 aliphatic rings. The average molecular weight is 260 g/mol. The van der Waals surface area contributed by atoms with E-state index in [-0.39, 0.29) is 10.6 Å². The molecule has 0 spiro atoms. The number of carbonyl (C=O) groups is 2. The van der Waals surface area contributed by atoms with Gasteiger partial charge in [-0.25, -0.2) is 9.18 Å². The van der Waals surface area contributed by atoms with Gasteiger partial charge in [-0.1, -0.05) is 23.7 Å². The number of carboxylic acid groups (broad SMARTS) is 1. The van der Waals surface area contributed by atoms with E-state index in [2.05, 4.69) is 5.32 Å². The molecule has 0 saturated carbocycles. The fourth-order valence-electron chi connectivity index (χ4n) is 1.23. The molecule has 0 radical (unpaired) electrons. The molecule has 0 aliphatic carbocycles. The van der Waals surface area contributed by atoms with Crippen molar-refractivity contribution in [1.82, 2.24) is 5.32 Å². The molecule has 2 N–H and O–H groups in total. The van der Waals surface area contributed by atoms with Gasteiger partial charge in [0.25, 0.3) is 5.91 Å². The summed E-state index contributed by atoms with van der Waals surface area (Å²) in [5.74, 6) is -2.13. The van der Waals surface area contributed by atoms with Crippen molar-refractivity contribution in [3.63, 3.8) is 0 Å². The number of rotatable bonds is 4. The van der Waals surface area contributed by atoms with Gasteiger partial charge in [0.05, 0.1) is 10.6 Å². The fraction of sp³-hybridized carbons (Fsp3) is 0.273. The van der Waals surface area contributed by atoms with E-state index in [0.29, 0.717) is 5.56 Å². The van der Waals surface area contributed by atoms with Gasteiger partial charge >= 0.3 is 5.97 Å². The number of carboxylic acids is 1. The van der Waals surface area contributed by atoms with Crippen LogP contribution in [0.3, 0.4) is 0 Å². The highest BCUT2D eigenvalue weighted by Gasteiger charge is 2.21. The number of amides is 1. The topological polar surface area (TPSA) is 66.4 Å². The van der Waals surface area contributed by atoms with Gasteiger partial charge in [0.2, 0.25) is 0 Å². The number of benzene rings is 1. The van der Waals surface area contributed by atoms with Crippen LogP contribution in [0, 0.1) is 6.92 Å². The second-order valence-electron chi connectivity index (χ2n) is 3.46. The second-order valence-corrected chi connectivity index (χ2v) is 3.83. The van der Waals surface area contributed by atoms with Gasteiger partial charge in [-0.05, 0) is 18.6 Å². The maximum Gasteiger partial charge on any atom is 0.328 e. The molecule has 0 aliphatic heterocycles. The molecule has 0 bridgehead atoms. The lowest BCUT2D eigenvalue weighted by molar-refractivity contribution is -0.139. The molecule has 0 heterocycles. The van der Waals surface area contributed by atoms with Crippen LogP contribution in [0.1, 0.15) is 15.9 Å². The van der Waals surface area contributed by atoms with Crippen molar-refractivity contribution in [1.29, 1.82) is 0 Å². The number of hydrogen-bond acceptors (Lipinski definition) is 2. The maximum absolute atomic E-state index is 12.3. The first-order chi connectivity index (χ1) is 7.97. The monoisotopic (exact) mass is 259 g/mol. The first-order valence-electron chi connectivity index (χ1n) is 4.82. The van der Waals surface area contributed by atoms with E-state index in [0.717, 1.165) is 0 Å². The largest absolute Gasteiger partial charge is 0.480 e. The lowest BCUT2D eigenvalue weighted by Crippen LogP contribution is -2.42. The first kappa shape index (κ1) is 13.4. The number of nitrogens with one attached hydrogen (secondary N) is 1. The van der Waals surface area contributed by atoms with E-state index in [1.165, 1.54) is 6.07 Å². The van der Waals surface area contributed by atoms with Crippen molar-refractivity contribution in [2.45, 2.75) is 13.0 Å². The van der Waals surface area contributed by atoms with E-state index in [9.17, 15) is 14.0 Å². The van der Waals surface area contributed by atoms with Gasteiger partial charge in [0.15, 0.2) is 6.04 Å². The zero-order chi connectivity index (χ0) is 13.0. The summed E-state index contributed by atoms with van der Waals surface area (Å²) in [5, 5.41) is 10.9. The van der Waals surface area contributed by atoms with Crippen molar-refractivity contribution >= 4 is 23.5 Å². The molecule has 17 heavy (non-hydrogen) atoms. The van der Waals surface area contributed by atoms with Crippen LogP contribution in [0.25, 0.3) is 0 Å². The van der Waals surface area contributed by atoms with E-state index in [1.807, 2.05) is 0 Å². The summed E-state index contributed by atoms with van der Waals surface area (Å²) in [7, 11) is 0. The lowest BCUT2D eigenvalue weighted by Gasteiger charge is -2.12. The summed E-state index contributed by atoms with van der Waals surface area (Å²) in [6.07, 6.45) is 0. The zero-order valence-electron chi connectivity index (χ0n) is 9.04. The van der Waals surface area contributed by atoms with Crippen molar-refractivity contribution in [3.8, 4) is 0 Å². The van der Waals surface area contributed by atoms with Gasteiger partial charge in [0.1, 0.15) is 6.67 Å². The van der Waals surface area contributed by atoms with Gasteiger partial charge in [-0.3, -0.25) is 4.79 Å². The van der Waals surface area contributed by atoms with Gasteiger partial charge in [-0.2, -0.15) is 0 Å². The van der Waals surface area contributed by atoms with Gasteiger partial charge in [0, 0.05) is 0 Å². The SMILES string of the molecule is Cc1cccc(C(=O)NC(CF)C(=O)O)c1Cl. The van der Waals surface area contributed by atoms with Crippen molar-refractivity contribution in [2.75, 3.05) is 6.67 Å². The molecule has 0 fully saturated rings. The minimum absolute atomic E-state index is 0.131. The highest BCUT2D eigenvalue weighted by molar-refractivity contribution is 6.34. The molecular weight excluding hydrogens is 249 g/mol. The molecule has 1 amide bonds. The number of hydrogen-bond donors (Lipinski definition) is 2. The Balaban J connectivity index is 2.90. The van der Waals surface area contributed by atoms with E-state index < -0.39 is 24.6 Å². The third-order valence-electron chi connectivity index (χ3n) is 2.19. The highest BCUT2D eigenvalue weighted by atomic mass is 35.5. The molecule has 1 unspecified atom stereocenters. The molecular formula is C11H11ClFNO3. The second kappa shape index (κ2) is 5.63. The Morgan fingerprint density at radius 3 is 2.71 bits per heavy atom. The van der Waals surface area contributed by atoms with Crippen LogP contribution in [0.15, 0.2) is 18.2 Å². The minimum atomic E-state index is -1.56. The smallest absolute Gasteiger partial charge is 0.328 e. The molecule has 0 aromatic heterocycles. The molecule has 1 atom stereocenters. The third kappa shape index (κ3) is 3.17. The quantitative estimate of drug-likeness (QED) is 0.866. The summed E-state index contributed by atoms with van der Waals surface area (Å²) in [6, 6.07) is 3.21. The molecule has 1 aromatic rings. The average Bonchev–Trinajstić information content (AvgIpc) is 2.28. The van der Waals surface area contributed by atoms with E-state index in [4.69, 9.17) is 16.7 Å². The predicted octanol–water partition coefficient (Wildman–Crippen LogP) is 1.80.